The van der Waals surface area contributed by atoms with Crippen molar-refractivity contribution in [1.29, 1.82) is 0 Å². The third kappa shape index (κ3) is 4.27. The molecule has 3 amide bonds. The summed E-state index contributed by atoms with van der Waals surface area (Å²) in [7, 11) is 1.54. The average Bonchev–Trinajstić information content (AvgIpc) is 2.94. The van der Waals surface area contributed by atoms with Crippen LogP contribution >= 0.6 is 0 Å². The number of imide groups is 1. The van der Waals surface area contributed by atoms with Crippen LogP contribution in [0.4, 0.5) is 10.5 Å². The van der Waals surface area contributed by atoms with Crippen LogP contribution in [-0.2, 0) is 14.3 Å². The molecule has 0 aliphatic carbocycles. The number of hydrogen-bond donors (Lipinski definition) is 0. The van der Waals surface area contributed by atoms with Crippen molar-refractivity contribution in [2.75, 3.05) is 38.2 Å². The highest BCUT2D eigenvalue weighted by atomic mass is 16.6. The van der Waals surface area contributed by atoms with Gasteiger partial charge in [-0.2, -0.15) is 0 Å². The molecular weight excluding hydrogens is 362 g/mol. The Morgan fingerprint density at radius 1 is 1.11 bits per heavy atom. The Balaban J connectivity index is 1.64. The molecule has 0 bridgehead atoms. The maximum absolute atomic E-state index is 12.9. The standard InChI is InChI=1S/C20H27N3O5/c1-20(2,3)28-19(26)22-10-8-21(9-11-22)16-13-17(24)23(18(16)25)14-6-5-7-15(12-14)27-4/h5-7,12,16H,8-11,13H2,1-4H3. The van der Waals surface area contributed by atoms with Gasteiger partial charge in [-0.1, -0.05) is 6.07 Å². The molecule has 8 heteroatoms. The van der Waals surface area contributed by atoms with Crippen molar-refractivity contribution in [2.45, 2.75) is 38.8 Å². The maximum Gasteiger partial charge on any atom is 0.410 e. The van der Waals surface area contributed by atoms with Gasteiger partial charge in [0.15, 0.2) is 0 Å². The first-order valence-electron chi connectivity index (χ1n) is 9.42. The minimum absolute atomic E-state index is 0.141. The van der Waals surface area contributed by atoms with E-state index in [1.165, 1.54) is 4.90 Å². The molecule has 0 spiro atoms. The number of methoxy groups -OCH3 is 1. The predicted molar refractivity (Wildman–Crippen MR) is 103 cm³/mol. The minimum atomic E-state index is -0.542. The van der Waals surface area contributed by atoms with E-state index in [1.54, 1.807) is 36.3 Å². The van der Waals surface area contributed by atoms with E-state index in [0.29, 0.717) is 37.6 Å². The monoisotopic (exact) mass is 389 g/mol. The molecule has 0 aromatic heterocycles. The summed E-state index contributed by atoms with van der Waals surface area (Å²) in [6, 6.07) is 6.42. The summed E-state index contributed by atoms with van der Waals surface area (Å²) in [5.41, 5.74) is -0.0245. The predicted octanol–water partition coefficient (Wildman–Crippen LogP) is 1.88. The van der Waals surface area contributed by atoms with Gasteiger partial charge in [0.1, 0.15) is 11.4 Å². The molecule has 2 saturated heterocycles. The van der Waals surface area contributed by atoms with Gasteiger partial charge in [0.25, 0.3) is 5.91 Å². The van der Waals surface area contributed by atoms with Crippen LogP contribution in [0.15, 0.2) is 24.3 Å². The van der Waals surface area contributed by atoms with Gasteiger partial charge >= 0.3 is 6.09 Å². The van der Waals surface area contributed by atoms with Crippen LogP contribution in [0.25, 0.3) is 0 Å². The molecule has 152 valence electrons. The fourth-order valence-electron chi connectivity index (χ4n) is 3.46. The summed E-state index contributed by atoms with van der Waals surface area (Å²) in [5, 5.41) is 0. The number of nitrogens with zero attached hydrogens (tertiary/aromatic N) is 3. The molecule has 1 aromatic rings. The van der Waals surface area contributed by atoms with Crippen LogP contribution in [-0.4, -0.2) is 72.6 Å². The molecule has 28 heavy (non-hydrogen) atoms. The lowest BCUT2D eigenvalue weighted by Gasteiger charge is -2.37. The fraction of sp³-hybridized carbons (Fsp3) is 0.550. The molecule has 0 N–H and O–H groups in total. The van der Waals surface area contributed by atoms with Gasteiger partial charge in [-0.3, -0.25) is 14.5 Å². The lowest BCUT2D eigenvalue weighted by atomic mass is 10.1. The molecule has 2 aliphatic heterocycles. The molecule has 2 heterocycles. The molecule has 0 saturated carbocycles. The largest absolute Gasteiger partial charge is 0.497 e. The third-order valence-electron chi connectivity index (χ3n) is 4.84. The van der Waals surface area contributed by atoms with Gasteiger partial charge in [-0.25, -0.2) is 9.69 Å². The second-order valence-corrected chi connectivity index (χ2v) is 7.99. The molecule has 2 aliphatic rings. The van der Waals surface area contributed by atoms with E-state index in [-0.39, 0.29) is 24.3 Å². The smallest absolute Gasteiger partial charge is 0.410 e. The van der Waals surface area contributed by atoms with Crippen LogP contribution < -0.4 is 9.64 Å². The third-order valence-corrected chi connectivity index (χ3v) is 4.84. The zero-order valence-corrected chi connectivity index (χ0v) is 16.8. The summed E-state index contributed by atoms with van der Waals surface area (Å²) in [4.78, 5) is 42.5. The molecule has 8 nitrogen and oxygen atoms in total. The first-order valence-corrected chi connectivity index (χ1v) is 9.42. The lowest BCUT2D eigenvalue weighted by Crippen LogP contribution is -2.54. The number of benzene rings is 1. The Hall–Kier alpha value is -2.61. The van der Waals surface area contributed by atoms with E-state index in [4.69, 9.17) is 9.47 Å². The number of carbonyl (C=O) groups excluding carboxylic acids is 3. The van der Waals surface area contributed by atoms with Crippen molar-refractivity contribution >= 4 is 23.6 Å². The zero-order chi connectivity index (χ0) is 20.5. The molecule has 1 unspecified atom stereocenters. The molecule has 2 fully saturated rings. The van der Waals surface area contributed by atoms with Crippen molar-refractivity contribution in [3.05, 3.63) is 24.3 Å². The Labute approximate surface area is 165 Å². The number of carbonyl (C=O) groups is 3. The summed E-state index contributed by atoms with van der Waals surface area (Å²) < 4.78 is 10.6. The first kappa shape index (κ1) is 20.1. The Morgan fingerprint density at radius 3 is 2.39 bits per heavy atom. The number of amides is 3. The highest BCUT2D eigenvalue weighted by molar-refractivity contribution is 6.22. The Kier molecular flexibility index (Phi) is 5.60. The van der Waals surface area contributed by atoms with Gasteiger partial charge in [-0.15, -0.1) is 0 Å². The van der Waals surface area contributed by atoms with Gasteiger partial charge in [-0.05, 0) is 32.9 Å². The molecular formula is C20H27N3O5. The Bertz CT molecular complexity index is 765. The van der Waals surface area contributed by atoms with Crippen molar-refractivity contribution in [3.8, 4) is 5.75 Å². The second-order valence-electron chi connectivity index (χ2n) is 7.99. The summed E-state index contributed by atoms with van der Waals surface area (Å²) >= 11 is 0. The van der Waals surface area contributed by atoms with Gasteiger partial charge in [0, 0.05) is 32.2 Å². The first-order chi connectivity index (χ1) is 13.2. The van der Waals surface area contributed by atoms with Crippen molar-refractivity contribution in [3.63, 3.8) is 0 Å². The molecule has 3 rings (SSSR count). The van der Waals surface area contributed by atoms with E-state index < -0.39 is 11.6 Å². The fourth-order valence-corrected chi connectivity index (χ4v) is 3.46. The summed E-state index contributed by atoms with van der Waals surface area (Å²) in [5.74, 6) is 0.134. The maximum atomic E-state index is 12.9. The number of rotatable bonds is 3. The molecule has 0 radical (unpaired) electrons. The Morgan fingerprint density at radius 2 is 1.79 bits per heavy atom. The van der Waals surface area contributed by atoms with Crippen LogP contribution in [0.5, 0.6) is 5.75 Å². The van der Waals surface area contributed by atoms with Crippen molar-refractivity contribution < 1.29 is 23.9 Å². The molecule has 1 aromatic carbocycles. The van der Waals surface area contributed by atoms with E-state index in [2.05, 4.69) is 0 Å². The van der Waals surface area contributed by atoms with E-state index in [9.17, 15) is 14.4 Å². The van der Waals surface area contributed by atoms with Gasteiger partial charge in [0.2, 0.25) is 5.91 Å². The lowest BCUT2D eigenvalue weighted by molar-refractivity contribution is -0.123. The van der Waals surface area contributed by atoms with Crippen LogP contribution in [0.2, 0.25) is 0 Å². The molecule has 1 atom stereocenters. The highest BCUT2D eigenvalue weighted by Crippen LogP contribution is 2.28. The van der Waals surface area contributed by atoms with E-state index >= 15 is 0 Å². The van der Waals surface area contributed by atoms with E-state index in [0.717, 1.165) is 0 Å². The van der Waals surface area contributed by atoms with Gasteiger partial charge < -0.3 is 14.4 Å². The second kappa shape index (κ2) is 7.79. The van der Waals surface area contributed by atoms with Crippen LogP contribution in [0.1, 0.15) is 27.2 Å². The summed E-state index contributed by atoms with van der Waals surface area (Å²) in [6.07, 6.45) is -0.207. The van der Waals surface area contributed by atoms with Crippen molar-refractivity contribution in [2.24, 2.45) is 0 Å². The van der Waals surface area contributed by atoms with Crippen molar-refractivity contribution in [1.82, 2.24) is 9.80 Å². The normalized spacial score (nSPS) is 21.2. The SMILES string of the molecule is COc1cccc(N2C(=O)CC(N3CCN(C(=O)OC(C)(C)C)CC3)C2=O)c1. The number of piperazine rings is 1. The number of ether oxygens (including phenoxy) is 2. The number of anilines is 1. The highest BCUT2D eigenvalue weighted by Gasteiger charge is 2.43. The average molecular weight is 389 g/mol. The quantitative estimate of drug-likeness (QED) is 0.735. The van der Waals surface area contributed by atoms with Crippen LogP contribution in [0.3, 0.4) is 0 Å². The zero-order valence-electron chi connectivity index (χ0n) is 16.8. The van der Waals surface area contributed by atoms with Crippen LogP contribution in [0, 0.1) is 0 Å². The summed E-state index contributed by atoms with van der Waals surface area (Å²) in [6.45, 7) is 7.47. The van der Waals surface area contributed by atoms with Gasteiger partial charge in [0.05, 0.1) is 25.3 Å². The topological polar surface area (TPSA) is 79.4 Å². The number of hydrogen-bond acceptors (Lipinski definition) is 6. The minimum Gasteiger partial charge on any atom is -0.497 e. The van der Waals surface area contributed by atoms with E-state index in [1.807, 2.05) is 25.7 Å².